The Morgan fingerprint density at radius 3 is 2.47 bits per heavy atom. The van der Waals surface area contributed by atoms with Gasteiger partial charge in [-0.2, -0.15) is 9.40 Å². The van der Waals surface area contributed by atoms with Crippen LogP contribution in [0.3, 0.4) is 0 Å². The largest absolute Gasteiger partial charge is 0.496 e. The second-order valence-corrected chi connectivity index (χ2v) is 8.75. The van der Waals surface area contributed by atoms with Crippen LogP contribution >= 0.6 is 11.6 Å². The summed E-state index contributed by atoms with van der Waals surface area (Å²) >= 11 is 6.34. The highest BCUT2D eigenvalue weighted by Gasteiger charge is 2.28. The zero-order valence-corrected chi connectivity index (χ0v) is 18.3. The standard InChI is InChI=1S/C20H22ClN3O5S/c1-23(10-11-25)30(26,27)20-12-14(18(28-2)13-19(20)29-3)16-8-9-22-24(16)17-7-5-4-6-15(17)21/h4-9,12-13,25H,10-11H2,1-3H3. The summed E-state index contributed by atoms with van der Waals surface area (Å²) in [6, 6.07) is 11.9. The van der Waals surface area contributed by atoms with Crippen molar-refractivity contribution in [2.75, 3.05) is 34.4 Å². The molecule has 10 heteroatoms. The van der Waals surface area contributed by atoms with Crippen LogP contribution in [0, 0.1) is 0 Å². The zero-order valence-electron chi connectivity index (χ0n) is 16.7. The number of hydrogen-bond donors (Lipinski definition) is 1. The lowest BCUT2D eigenvalue weighted by Gasteiger charge is -2.20. The van der Waals surface area contributed by atoms with E-state index in [4.69, 9.17) is 26.2 Å². The second kappa shape index (κ2) is 9.05. The first-order valence-electron chi connectivity index (χ1n) is 8.97. The van der Waals surface area contributed by atoms with Gasteiger partial charge in [0.1, 0.15) is 16.4 Å². The molecular weight excluding hydrogens is 430 g/mol. The van der Waals surface area contributed by atoms with Crippen molar-refractivity contribution < 1.29 is 23.0 Å². The maximum Gasteiger partial charge on any atom is 0.246 e. The number of likely N-dealkylation sites (N-methyl/N-ethyl adjacent to an activating group) is 1. The molecular formula is C20H22ClN3O5S. The number of hydrogen-bond acceptors (Lipinski definition) is 6. The van der Waals surface area contributed by atoms with Gasteiger partial charge in [0.15, 0.2) is 0 Å². The summed E-state index contributed by atoms with van der Waals surface area (Å²) in [5.74, 6) is 0.536. The molecule has 3 aromatic rings. The first-order valence-corrected chi connectivity index (χ1v) is 10.8. The SMILES string of the molecule is COc1cc(OC)c(S(=O)(=O)N(C)CCO)cc1-c1ccnn1-c1ccccc1Cl. The predicted octanol–water partition coefficient (Wildman–Crippen LogP) is 2.82. The van der Waals surface area contributed by atoms with Crippen LogP contribution in [-0.2, 0) is 10.0 Å². The number of rotatable bonds is 8. The Bertz CT molecular complexity index is 1150. The number of nitrogens with zero attached hydrogens (tertiary/aromatic N) is 3. The third kappa shape index (κ3) is 4.01. The molecule has 1 heterocycles. The van der Waals surface area contributed by atoms with Gasteiger partial charge in [0.2, 0.25) is 10.0 Å². The third-order valence-corrected chi connectivity index (χ3v) is 6.79. The van der Waals surface area contributed by atoms with E-state index in [1.807, 2.05) is 18.2 Å². The number of aliphatic hydroxyl groups is 1. The van der Waals surface area contributed by atoms with Crippen molar-refractivity contribution >= 4 is 21.6 Å². The van der Waals surface area contributed by atoms with Crippen LogP contribution in [0.25, 0.3) is 16.9 Å². The number of aliphatic hydroxyl groups excluding tert-OH is 1. The Morgan fingerprint density at radius 2 is 1.83 bits per heavy atom. The topological polar surface area (TPSA) is 93.9 Å². The molecule has 0 aliphatic heterocycles. The molecule has 0 aliphatic rings. The summed E-state index contributed by atoms with van der Waals surface area (Å²) in [5, 5.41) is 14.0. The molecule has 0 radical (unpaired) electrons. The third-order valence-electron chi connectivity index (χ3n) is 4.59. The maximum absolute atomic E-state index is 13.1. The zero-order chi connectivity index (χ0) is 21.9. The lowest BCUT2D eigenvalue weighted by molar-refractivity contribution is 0.266. The van der Waals surface area contributed by atoms with Crippen molar-refractivity contribution in [2.24, 2.45) is 0 Å². The summed E-state index contributed by atoms with van der Waals surface area (Å²) in [7, 11) is 0.330. The molecule has 0 saturated carbocycles. The molecule has 0 fully saturated rings. The first-order chi connectivity index (χ1) is 14.3. The van der Waals surface area contributed by atoms with Gasteiger partial charge < -0.3 is 14.6 Å². The molecule has 0 atom stereocenters. The highest BCUT2D eigenvalue weighted by molar-refractivity contribution is 7.89. The average Bonchev–Trinajstić information content (AvgIpc) is 3.22. The Morgan fingerprint density at radius 1 is 1.13 bits per heavy atom. The maximum atomic E-state index is 13.1. The Kier molecular flexibility index (Phi) is 6.67. The van der Waals surface area contributed by atoms with Gasteiger partial charge in [0.25, 0.3) is 0 Å². The number of sulfonamides is 1. The fourth-order valence-electron chi connectivity index (χ4n) is 3.02. The summed E-state index contributed by atoms with van der Waals surface area (Å²) < 4.78 is 39.7. The predicted molar refractivity (Wildman–Crippen MR) is 114 cm³/mol. The number of aromatic nitrogens is 2. The van der Waals surface area contributed by atoms with Crippen LogP contribution in [-0.4, -0.2) is 62.0 Å². The van der Waals surface area contributed by atoms with Gasteiger partial charge in [-0.05, 0) is 24.3 Å². The average molecular weight is 452 g/mol. The second-order valence-electron chi connectivity index (χ2n) is 6.33. The molecule has 0 saturated heterocycles. The van der Waals surface area contributed by atoms with Crippen molar-refractivity contribution in [2.45, 2.75) is 4.90 Å². The Hall–Kier alpha value is -2.59. The smallest absolute Gasteiger partial charge is 0.246 e. The van der Waals surface area contributed by atoms with E-state index in [9.17, 15) is 8.42 Å². The molecule has 8 nitrogen and oxygen atoms in total. The van der Waals surface area contributed by atoms with Crippen molar-refractivity contribution in [1.82, 2.24) is 14.1 Å². The summed E-state index contributed by atoms with van der Waals surface area (Å²) in [6.45, 7) is -0.356. The highest BCUT2D eigenvalue weighted by atomic mass is 35.5. The van der Waals surface area contributed by atoms with Crippen LogP contribution in [0.2, 0.25) is 5.02 Å². The van der Waals surface area contributed by atoms with Gasteiger partial charge in [-0.15, -0.1) is 0 Å². The number of benzene rings is 2. The van der Waals surface area contributed by atoms with E-state index >= 15 is 0 Å². The van der Waals surface area contributed by atoms with Crippen LogP contribution < -0.4 is 9.47 Å². The number of methoxy groups -OCH3 is 2. The fourth-order valence-corrected chi connectivity index (χ4v) is 4.56. The van der Waals surface area contributed by atoms with Gasteiger partial charge in [-0.3, -0.25) is 0 Å². The van der Waals surface area contributed by atoms with E-state index in [1.165, 1.54) is 33.4 Å². The van der Waals surface area contributed by atoms with Gasteiger partial charge >= 0.3 is 0 Å². The summed E-state index contributed by atoms with van der Waals surface area (Å²) in [6.07, 6.45) is 1.59. The monoisotopic (exact) mass is 451 g/mol. The van der Waals surface area contributed by atoms with Crippen molar-refractivity contribution in [1.29, 1.82) is 0 Å². The van der Waals surface area contributed by atoms with Crippen molar-refractivity contribution in [3.63, 3.8) is 0 Å². The summed E-state index contributed by atoms with van der Waals surface area (Å²) in [5.41, 5.74) is 1.72. The molecule has 3 rings (SSSR count). The van der Waals surface area contributed by atoms with Gasteiger partial charge in [0.05, 0.1) is 43.4 Å². The molecule has 0 amide bonds. The minimum absolute atomic E-state index is 0.0512. The van der Waals surface area contributed by atoms with E-state index in [0.29, 0.717) is 27.7 Å². The molecule has 0 aliphatic carbocycles. The lowest BCUT2D eigenvalue weighted by atomic mass is 10.1. The van der Waals surface area contributed by atoms with E-state index in [0.717, 1.165) is 4.31 Å². The number of para-hydroxylation sites is 1. The van der Waals surface area contributed by atoms with E-state index in [1.54, 1.807) is 23.0 Å². The van der Waals surface area contributed by atoms with E-state index in [-0.39, 0.29) is 23.8 Å². The van der Waals surface area contributed by atoms with Crippen LogP contribution in [0.1, 0.15) is 0 Å². The quantitative estimate of drug-likeness (QED) is 0.566. The lowest BCUT2D eigenvalue weighted by Crippen LogP contribution is -2.30. The molecule has 30 heavy (non-hydrogen) atoms. The molecule has 1 aromatic heterocycles. The Labute approximate surface area is 180 Å². The molecule has 0 bridgehead atoms. The minimum Gasteiger partial charge on any atom is -0.496 e. The summed E-state index contributed by atoms with van der Waals surface area (Å²) in [4.78, 5) is -0.0522. The number of halogens is 1. The van der Waals surface area contributed by atoms with E-state index in [2.05, 4.69) is 5.10 Å². The molecule has 1 N–H and O–H groups in total. The molecule has 0 unspecified atom stereocenters. The number of ether oxygens (including phenoxy) is 2. The molecule has 2 aromatic carbocycles. The Balaban J connectivity index is 2.25. The fraction of sp³-hybridized carbons (Fsp3) is 0.250. The van der Waals surface area contributed by atoms with Gasteiger partial charge in [-0.1, -0.05) is 23.7 Å². The highest BCUT2D eigenvalue weighted by Crippen LogP contribution is 2.40. The van der Waals surface area contributed by atoms with Crippen molar-refractivity contribution in [3.8, 4) is 28.4 Å². The first kappa shape index (κ1) is 22.1. The molecule has 0 spiro atoms. The van der Waals surface area contributed by atoms with Crippen molar-refractivity contribution in [3.05, 3.63) is 53.7 Å². The minimum atomic E-state index is -3.93. The van der Waals surface area contributed by atoms with Crippen LogP contribution in [0.15, 0.2) is 53.6 Å². The van der Waals surface area contributed by atoms with Gasteiger partial charge in [-0.25, -0.2) is 13.1 Å². The van der Waals surface area contributed by atoms with Gasteiger partial charge in [0, 0.05) is 25.2 Å². The van der Waals surface area contributed by atoms with E-state index < -0.39 is 10.0 Å². The van der Waals surface area contributed by atoms with Crippen LogP contribution in [0.5, 0.6) is 11.5 Å². The van der Waals surface area contributed by atoms with Crippen LogP contribution in [0.4, 0.5) is 0 Å². The molecule has 160 valence electrons. The normalized spacial score (nSPS) is 11.7.